The Balaban J connectivity index is 1.48. The molecule has 0 spiro atoms. The van der Waals surface area contributed by atoms with E-state index < -0.39 is 12.2 Å². The highest BCUT2D eigenvalue weighted by Gasteiger charge is 2.38. The molecule has 2 aliphatic rings. The summed E-state index contributed by atoms with van der Waals surface area (Å²) in [4.78, 5) is 21.1. The van der Waals surface area contributed by atoms with E-state index in [2.05, 4.69) is 16.0 Å². The molecule has 1 aromatic heterocycles. The van der Waals surface area contributed by atoms with Crippen molar-refractivity contribution in [3.8, 4) is 6.07 Å². The Bertz CT molecular complexity index is 667. The maximum atomic E-state index is 12.6. The van der Waals surface area contributed by atoms with Gasteiger partial charge in [-0.15, -0.1) is 0 Å². The number of likely N-dealkylation sites (tertiary alicyclic amines) is 1. The van der Waals surface area contributed by atoms with Crippen molar-refractivity contribution in [2.24, 2.45) is 0 Å². The third-order valence-corrected chi connectivity index (χ3v) is 5.15. The molecule has 1 amide bonds. The van der Waals surface area contributed by atoms with Crippen LogP contribution in [0.2, 0.25) is 0 Å². The number of rotatable bonds is 7. The van der Waals surface area contributed by atoms with Gasteiger partial charge in [-0.25, -0.2) is 4.98 Å². The van der Waals surface area contributed by atoms with Gasteiger partial charge in [0.1, 0.15) is 24.1 Å². The first kappa shape index (κ1) is 19.5. The number of carbonyl (C=O) groups excluding carboxylic acids is 1. The lowest BCUT2D eigenvalue weighted by molar-refractivity contribution is -0.141. The molecular weight excluding hydrogens is 348 g/mol. The van der Waals surface area contributed by atoms with Gasteiger partial charge in [0.25, 0.3) is 5.91 Å². The van der Waals surface area contributed by atoms with Crippen LogP contribution in [0.4, 0.5) is 5.82 Å². The van der Waals surface area contributed by atoms with E-state index in [0.29, 0.717) is 18.5 Å². The van der Waals surface area contributed by atoms with E-state index in [0.717, 1.165) is 31.7 Å². The quantitative estimate of drug-likeness (QED) is 0.744. The largest absolute Gasteiger partial charge is 0.388 e. The average Bonchev–Trinajstić information content (AvgIpc) is 3.07. The summed E-state index contributed by atoms with van der Waals surface area (Å²) in [7, 11) is 1.52. The molecule has 1 unspecified atom stereocenters. The van der Waals surface area contributed by atoms with Crippen LogP contribution in [0.15, 0.2) is 18.3 Å². The molecule has 2 aliphatic heterocycles. The summed E-state index contributed by atoms with van der Waals surface area (Å²) >= 11 is 0. The normalized spacial score (nSPS) is 22.1. The Hall–Kier alpha value is -2.21. The van der Waals surface area contributed by atoms with Crippen LogP contribution >= 0.6 is 0 Å². The number of amides is 1. The fourth-order valence-electron chi connectivity index (χ4n) is 3.71. The van der Waals surface area contributed by atoms with Crippen LogP contribution in [0.25, 0.3) is 0 Å². The van der Waals surface area contributed by atoms with Crippen molar-refractivity contribution in [3.63, 3.8) is 0 Å². The number of aliphatic hydroxyl groups excluding tert-OH is 1. The van der Waals surface area contributed by atoms with Crippen LogP contribution in [-0.2, 0) is 14.3 Å². The average molecular weight is 374 g/mol. The van der Waals surface area contributed by atoms with Crippen molar-refractivity contribution in [2.75, 3.05) is 44.9 Å². The van der Waals surface area contributed by atoms with E-state index in [1.165, 1.54) is 7.11 Å². The van der Waals surface area contributed by atoms with Crippen molar-refractivity contribution in [3.05, 3.63) is 23.9 Å². The molecule has 146 valence electrons. The van der Waals surface area contributed by atoms with Crippen LogP contribution in [0, 0.1) is 11.3 Å². The lowest BCUT2D eigenvalue weighted by atomic mass is 10.0. The van der Waals surface area contributed by atoms with E-state index in [9.17, 15) is 9.90 Å². The summed E-state index contributed by atoms with van der Waals surface area (Å²) in [5.74, 6) is 0.892. The topological polar surface area (TPSA) is 98.9 Å². The monoisotopic (exact) mass is 374 g/mol. The first-order valence-electron chi connectivity index (χ1n) is 9.32. The van der Waals surface area contributed by atoms with Gasteiger partial charge in [-0.1, -0.05) is 0 Å². The number of hydrogen-bond donors (Lipinski definition) is 1. The molecule has 0 radical (unpaired) electrons. The predicted octanol–water partition coefficient (Wildman–Crippen LogP) is 0.547. The van der Waals surface area contributed by atoms with Crippen molar-refractivity contribution >= 4 is 11.7 Å². The van der Waals surface area contributed by atoms with Gasteiger partial charge < -0.3 is 24.4 Å². The molecule has 8 heteroatoms. The van der Waals surface area contributed by atoms with Crippen LogP contribution in [-0.4, -0.2) is 79.1 Å². The van der Waals surface area contributed by atoms with Crippen molar-refractivity contribution in [1.29, 1.82) is 5.26 Å². The molecule has 0 aliphatic carbocycles. The zero-order chi connectivity index (χ0) is 19.2. The van der Waals surface area contributed by atoms with Gasteiger partial charge in [0.2, 0.25) is 0 Å². The lowest BCUT2D eigenvalue weighted by Crippen LogP contribution is -2.47. The smallest absolute Gasteiger partial charge is 0.252 e. The Labute approximate surface area is 159 Å². The second kappa shape index (κ2) is 9.13. The number of aliphatic hydroxyl groups is 1. The highest BCUT2D eigenvalue weighted by Crippen LogP contribution is 2.26. The van der Waals surface area contributed by atoms with Gasteiger partial charge in [-0.05, 0) is 25.0 Å². The van der Waals surface area contributed by atoms with Crippen LogP contribution < -0.4 is 4.90 Å². The van der Waals surface area contributed by atoms with Crippen LogP contribution in [0.3, 0.4) is 0 Å². The zero-order valence-electron chi connectivity index (χ0n) is 15.6. The van der Waals surface area contributed by atoms with E-state index in [1.54, 1.807) is 12.3 Å². The van der Waals surface area contributed by atoms with Crippen molar-refractivity contribution < 1.29 is 19.4 Å². The standard InChI is InChI=1S/C19H26N4O4/c1-26-12-16(24)13-27-17-6-9-23(19(17)25)15-4-7-22(8-5-15)18-3-2-14(10-20)11-21-18/h2-3,11,15-17,24H,4-9,12-13H2,1H3/t16-,17?/m0/s1. The Kier molecular flexibility index (Phi) is 6.61. The van der Waals surface area contributed by atoms with E-state index >= 15 is 0 Å². The molecule has 27 heavy (non-hydrogen) atoms. The Morgan fingerprint density at radius 2 is 2.07 bits per heavy atom. The number of hydrogen-bond acceptors (Lipinski definition) is 7. The number of ether oxygens (including phenoxy) is 2. The Morgan fingerprint density at radius 3 is 2.70 bits per heavy atom. The van der Waals surface area contributed by atoms with E-state index in [1.807, 2.05) is 11.0 Å². The van der Waals surface area contributed by atoms with Gasteiger partial charge in [0.05, 0.1) is 18.8 Å². The molecule has 8 nitrogen and oxygen atoms in total. The van der Waals surface area contributed by atoms with Gasteiger partial charge in [-0.2, -0.15) is 5.26 Å². The molecule has 0 bridgehead atoms. The number of aromatic nitrogens is 1. The number of carbonyl (C=O) groups is 1. The van der Waals surface area contributed by atoms with E-state index in [-0.39, 0.29) is 25.2 Å². The molecule has 2 fully saturated rings. The molecule has 0 aromatic carbocycles. The molecule has 2 atom stereocenters. The highest BCUT2D eigenvalue weighted by atomic mass is 16.5. The molecule has 2 saturated heterocycles. The second-order valence-electron chi connectivity index (χ2n) is 6.99. The minimum atomic E-state index is -0.708. The van der Waals surface area contributed by atoms with Crippen LogP contribution in [0.5, 0.6) is 0 Å². The van der Waals surface area contributed by atoms with Crippen LogP contribution in [0.1, 0.15) is 24.8 Å². The Morgan fingerprint density at radius 1 is 1.30 bits per heavy atom. The van der Waals surface area contributed by atoms with Crippen molar-refractivity contribution in [1.82, 2.24) is 9.88 Å². The number of methoxy groups -OCH3 is 1. The molecule has 3 rings (SSSR count). The van der Waals surface area contributed by atoms with Gasteiger partial charge in [0.15, 0.2) is 0 Å². The third kappa shape index (κ3) is 4.75. The number of pyridine rings is 1. The fourth-order valence-corrected chi connectivity index (χ4v) is 3.71. The number of nitrogens with zero attached hydrogens (tertiary/aromatic N) is 4. The molecule has 1 aromatic rings. The summed E-state index contributed by atoms with van der Waals surface area (Å²) < 4.78 is 10.5. The summed E-state index contributed by atoms with van der Waals surface area (Å²) in [5.41, 5.74) is 0.554. The second-order valence-corrected chi connectivity index (χ2v) is 6.99. The molecular formula is C19H26N4O4. The van der Waals surface area contributed by atoms with Gasteiger partial charge in [-0.3, -0.25) is 4.79 Å². The summed E-state index contributed by atoms with van der Waals surface area (Å²) in [6, 6.07) is 5.93. The van der Waals surface area contributed by atoms with Gasteiger partial charge in [0, 0.05) is 45.4 Å². The van der Waals surface area contributed by atoms with Gasteiger partial charge >= 0.3 is 0 Å². The number of piperidine rings is 1. The molecule has 0 saturated carbocycles. The third-order valence-electron chi connectivity index (χ3n) is 5.15. The minimum absolute atomic E-state index is 0.0227. The minimum Gasteiger partial charge on any atom is -0.388 e. The molecule has 3 heterocycles. The molecule has 1 N–H and O–H groups in total. The number of nitriles is 1. The fraction of sp³-hybridized carbons (Fsp3) is 0.632. The predicted molar refractivity (Wildman–Crippen MR) is 98.1 cm³/mol. The maximum Gasteiger partial charge on any atom is 0.252 e. The highest BCUT2D eigenvalue weighted by molar-refractivity contribution is 5.83. The number of anilines is 1. The van der Waals surface area contributed by atoms with Crippen molar-refractivity contribution in [2.45, 2.75) is 37.5 Å². The summed E-state index contributed by atoms with van der Waals surface area (Å²) in [6.07, 6.45) is 2.84. The summed E-state index contributed by atoms with van der Waals surface area (Å²) in [5, 5.41) is 18.5. The van der Waals surface area contributed by atoms with E-state index in [4.69, 9.17) is 14.7 Å². The lowest BCUT2D eigenvalue weighted by Gasteiger charge is -2.37. The maximum absolute atomic E-state index is 12.6. The SMILES string of the molecule is COC[C@H](O)COC1CCN(C2CCN(c3ccc(C#N)cn3)CC2)C1=O. The zero-order valence-corrected chi connectivity index (χ0v) is 15.6. The first-order chi connectivity index (χ1) is 13.1. The summed E-state index contributed by atoms with van der Waals surface area (Å²) in [6.45, 7) is 2.66. The first-order valence-corrected chi connectivity index (χ1v) is 9.32.